The summed E-state index contributed by atoms with van der Waals surface area (Å²) in [6, 6.07) is 15.1. The number of H-pyrrole nitrogens is 1. The largest absolute Gasteiger partial charge is 0.349 e. The van der Waals surface area contributed by atoms with Crippen molar-refractivity contribution in [3.05, 3.63) is 58.6 Å². The Hall–Kier alpha value is -2.95. The number of aromatic amines is 1. The third kappa shape index (κ3) is 1.61. The van der Waals surface area contributed by atoms with E-state index in [9.17, 15) is 10.1 Å². The number of aromatic nitrogens is 2. The fourth-order valence-corrected chi connectivity index (χ4v) is 2.96. The number of non-ortho nitro benzene ring substituents is 1. The van der Waals surface area contributed by atoms with Gasteiger partial charge in [-0.15, -0.1) is 0 Å². The van der Waals surface area contributed by atoms with Crippen LogP contribution in [0, 0.1) is 10.1 Å². The third-order valence-electron chi connectivity index (χ3n) is 3.93. The van der Waals surface area contributed by atoms with E-state index in [4.69, 9.17) is 0 Å². The molecule has 21 heavy (non-hydrogen) atoms. The Balaban J connectivity index is 2.22. The van der Waals surface area contributed by atoms with E-state index in [1.165, 1.54) is 6.07 Å². The maximum Gasteiger partial charge on any atom is 0.270 e. The number of nitro groups is 1. The smallest absolute Gasteiger partial charge is 0.270 e. The summed E-state index contributed by atoms with van der Waals surface area (Å²) in [4.78, 5) is 14.0. The van der Waals surface area contributed by atoms with Crippen molar-refractivity contribution in [2.24, 2.45) is 7.05 Å². The molecule has 0 saturated carbocycles. The number of nitro benzene ring substituents is 1. The fraction of sp³-hybridized carbons (Fsp3) is 0.0625. The molecule has 2 heterocycles. The molecule has 5 nitrogen and oxygen atoms in total. The molecule has 4 rings (SSSR count). The van der Waals surface area contributed by atoms with Crippen LogP contribution in [0.4, 0.5) is 5.69 Å². The topological polar surface area (TPSA) is 62.8 Å². The van der Waals surface area contributed by atoms with Crippen molar-refractivity contribution in [2.45, 2.75) is 0 Å². The van der Waals surface area contributed by atoms with Gasteiger partial charge in [0.15, 0.2) is 0 Å². The summed E-state index contributed by atoms with van der Waals surface area (Å²) < 4.78 is 2.08. The van der Waals surface area contributed by atoms with Crippen LogP contribution < -0.4 is 4.57 Å². The number of rotatable bonds is 1. The minimum Gasteiger partial charge on any atom is -0.349 e. The number of nitrogens with one attached hydrogen (secondary N) is 1. The van der Waals surface area contributed by atoms with E-state index in [1.54, 1.807) is 12.1 Å². The van der Waals surface area contributed by atoms with Crippen LogP contribution in [0.25, 0.3) is 32.8 Å². The van der Waals surface area contributed by atoms with Crippen molar-refractivity contribution in [2.75, 3.05) is 0 Å². The van der Waals surface area contributed by atoms with Gasteiger partial charge in [0.25, 0.3) is 5.69 Å². The summed E-state index contributed by atoms with van der Waals surface area (Å²) in [5.41, 5.74) is 4.06. The average molecular weight is 278 g/mol. The maximum absolute atomic E-state index is 11.0. The number of hydrogen-bond acceptors (Lipinski definition) is 2. The molecule has 102 valence electrons. The van der Waals surface area contributed by atoms with Crippen LogP contribution in [-0.4, -0.2) is 9.91 Å². The summed E-state index contributed by atoms with van der Waals surface area (Å²) >= 11 is 0. The third-order valence-corrected chi connectivity index (χ3v) is 3.93. The number of fused-ring (bicyclic) bond motifs is 4. The van der Waals surface area contributed by atoms with E-state index >= 15 is 0 Å². The SMILES string of the molecule is C[n+]1c2ccccc2cc2[nH]c3ccc([N+](=O)[O-])cc3c21. The first-order chi connectivity index (χ1) is 10.1. The van der Waals surface area contributed by atoms with E-state index in [-0.39, 0.29) is 10.6 Å². The van der Waals surface area contributed by atoms with E-state index < -0.39 is 0 Å². The molecule has 0 bridgehead atoms. The number of hydrogen-bond donors (Lipinski definition) is 1. The molecule has 2 aromatic heterocycles. The number of para-hydroxylation sites is 1. The number of benzene rings is 2. The minimum absolute atomic E-state index is 0.108. The highest BCUT2D eigenvalue weighted by molar-refractivity contribution is 6.06. The number of pyridine rings is 1. The van der Waals surface area contributed by atoms with Gasteiger partial charge in [-0.2, -0.15) is 4.57 Å². The normalized spacial score (nSPS) is 11.5. The van der Waals surface area contributed by atoms with Crippen molar-refractivity contribution < 1.29 is 9.49 Å². The lowest BCUT2D eigenvalue weighted by Gasteiger charge is -1.98. The number of nitrogens with zero attached hydrogens (tertiary/aromatic N) is 2. The van der Waals surface area contributed by atoms with Gasteiger partial charge in [-0.25, -0.2) is 0 Å². The summed E-state index contributed by atoms with van der Waals surface area (Å²) in [5, 5.41) is 13.0. The molecule has 0 unspecified atom stereocenters. The van der Waals surface area contributed by atoms with Gasteiger partial charge < -0.3 is 4.98 Å². The Bertz CT molecular complexity index is 1030. The molecule has 0 amide bonds. The Morgan fingerprint density at radius 3 is 2.71 bits per heavy atom. The highest BCUT2D eigenvalue weighted by Crippen LogP contribution is 2.28. The molecule has 0 radical (unpaired) electrons. The van der Waals surface area contributed by atoms with Gasteiger partial charge >= 0.3 is 0 Å². The highest BCUT2D eigenvalue weighted by atomic mass is 16.6. The van der Waals surface area contributed by atoms with Crippen LogP contribution in [0.15, 0.2) is 48.5 Å². The molecule has 0 fully saturated rings. The second-order valence-corrected chi connectivity index (χ2v) is 5.14. The standard InChI is InChI=1S/C16H11N3O2/c1-18-15-5-3-2-4-10(15)8-14-16(18)12-9-11(19(20)21)6-7-13(12)17-14/h2-9H,1H3/p+1. The molecule has 5 heteroatoms. The van der Waals surface area contributed by atoms with Crippen LogP contribution >= 0.6 is 0 Å². The number of aryl methyl sites for hydroxylation is 1. The Morgan fingerprint density at radius 1 is 1.10 bits per heavy atom. The van der Waals surface area contributed by atoms with Crippen LogP contribution in [0.1, 0.15) is 0 Å². The van der Waals surface area contributed by atoms with Gasteiger partial charge in [0.1, 0.15) is 12.6 Å². The first kappa shape index (κ1) is 11.8. The van der Waals surface area contributed by atoms with Crippen molar-refractivity contribution >= 4 is 38.5 Å². The molecule has 0 aliphatic heterocycles. The summed E-state index contributed by atoms with van der Waals surface area (Å²) in [5.74, 6) is 0. The minimum atomic E-state index is -0.362. The Labute approximate surface area is 119 Å². The summed E-state index contributed by atoms with van der Waals surface area (Å²) in [6.07, 6.45) is 0. The zero-order valence-electron chi connectivity index (χ0n) is 11.3. The van der Waals surface area contributed by atoms with Crippen LogP contribution in [-0.2, 0) is 7.05 Å². The van der Waals surface area contributed by atoms with Gasteiger partial charge in [0.05, 0.1) is 15.8 Å². The van der Waals surface area contributed by atoms with Crippen molar-refractivity contribution in [1.29, 1.82) is 0 Å². The van der Waals surface area contributed by atoms with Gasteiger partial charge in [0.2, 0.25) is 11.0 Å². The van der Waals surface area contributed by atoms with Gasteiger partial charge in [-0.05, 0) is 18.2 Å². The summed E-state index contributed by atoms with van der Waals surface area (Å²) in [6.45, 7) is 0. The molecule has 0 spiro atoms. The van der Waals surface area contributed by atoms with Crippen molar-refractivity contribution in [3.63, 3.8) is 0 Å². The molecule has 0 saturated heterocycles. The molecule has 0 aliphatic rings. The van der Waals surface area contributed by atoms with Crippen LogP contribution in [0.2, 0.25) is 0 Å². The molecule has 2 aromatic carbocycles. The predicted molar refractivity (Wildman–Crippen MR) is 81.1 cm³/mol. The van der Waals surface area contributed by atoms with Crippen molar-refractivity contribution in [3.8, 4) is 0 Å². The quantitative estimate of drug-likeness (QED) is 0.330. The Morgan fingerprint density at radius 2 is 1.90 bits per heavy atom. The van der Waals surface area contributed by atoms with Crippen LogP contribution in [0.5, 0.6) is 0 Å². The summed E-state index contributed by atoms with van der Waals surface area (Å²) in [7, 11) is 1.98. The van der Waals surface area contributed by atoms with E-state index in [0.29, 0.717) is 0 Å². The second-order valence-electron chi connectivity index (χ2n) is 5.14. The van der Waals surface area contributed by atoms with Crippen molar-refractivity contribution in [1.82, 2.24) is 4.98 Å². The van der Waals surface area contributed by atoms with Gasteiger partial charge in [-0.3, -0.25) is 10.1 Å². The predicted octanol–water partition coefficient (Wildman–Crippen LogP) is 3.21. The molecular weight excluding hydrogens is 266 g/mol. The zero-order valence-corrected chi connectivity index (χ0v) is 11.3. The molecule has 0 atom stereocenters. The van der Waals surface area contributed by atoms with E-state index in [0.717, 1.165) is 32.8 Å². The monoisotopic (exact) mass is 278 g/mol. The van der Waals surface area contributed by atoms with E-state index in [2.05, 4.69) is 21.7 Å². The maximum atomic E-state index is 11.0. The second kappa shape index (κ2) is 4.02. The van der Waals surface area contributed by atoms with Gasteiger partial charge in [0, 0.05) is 23.6 Å². The first-order valence-electron chi connectivity index (χ1n) is 6.63. The molecular formula is C16H12N3O2+. The molecule has 4 aromatic rings. The Kier molecular flexibility index (Phi) is 2.27. The molecule has 1 N–H and O–H groups in total. The highest BCUT2D eigenvalue weighted by Gasteiger charge is 2.19. The van der Waals surface area contributed by atoms with E-state index in [1.807, 2.05) is 25.2 Å². The average Bonchev–Trinajstić information content (AvgIpc) is 2.84. The fourth-order valence-electron chi connectivity index (χ4n) is 2.96. The molecule has 0 aliphatic carbocycles. The lowest BCUT2D eigenvalue weighted by atomic mass is 10.1. The first-order valence-corrected chi connectivity index (χ1v) is 6.63. The lowest BCUT2D eigenvalue weighted by Crippen LogP contribution is -2.29. The zero-order chi connectivity index (χ0) is 14.6. The van der Waals surface area contributed by atoms with Gasteiger partial charge in [-0.1, -0.05) is 12.1 Å². The van der Waals surface area contributed by atoms with Crippen LogP contribution in [0.3, 0.4) is 0 Å². The lowest BCUT2D eigenvalue weighted by molar-refractivity contribution is -0.616.